The molecule has 0 bridgehead atoms. The molecule has 3 aromatic rings. The van der Waals surface area contributed by atoms with Crippen molar-refractivity contribution in [1.82, 2.24) is 14.8 Å². The Morgan fingerprint density at radius 2 is 1.70 bits per heavy atom. The number of aryl methyl sites for hydroxylation is 1. The highest BCUT2D eigenvalue weighted by Crippen LogP contribution is 2.20. The first-order valence-corrected chi connectivity index (χ1v) is 10.7. The van der Waals surface area contributed by atoms with Crippen molar-refractivity contribution in [3.05, 3.63) is 71.4 Å². The summed E-state index contributed by atoms with van der Waals surface area (Å²) in [5.74, 6) is 0.0479. The highest BCUT2D eigenvalue weighted by atomic mass is 16.5. The maximum atomic E-state index is 12.5. The van der Waals surface area contributed by atoms with Gasteiger partial charge in [-0.15, -0.1) is 0 Å². The molecule has 2 atom stereocenters. The molecule has 158 valence electrons. The average molecular weight is 406 g/mol. The second-order valence-electron chi connectivity index (χ2n) is 8.50. The molecular weight excluding hydrogens is 374 g/mol. The van der Waals surface area contributed by atoms with Gasteiger partial charge in [-0.3, -0.25) is 9.69 Å². The van der Waals surface area contributed by atoms with Gasteiger partial charge in [-0.2, -0.15) is 0 Å². The smallest absolute Gasteiger partial charge is 0.224 e. The summed E-state index contributed by atoms with van der Waals surface area (Å²) < 4.78 is 7.89. The summed E-state index contributed by atoms with van der Waals surface area (Å²) in [6.07, 6.45) is 3.01. The number of benzene rings is 2. The standard InChI is InChI=1S/C25H31N3O2/c1-18-14-28(15-19(2)30-18)16-21-10-8-20(9-11-21)13-26-25(29)12-22-17-27(3)24-7-5-4-6-23(22)24/h4-11,17-19H,12-16H2,1-3H3,(H,26,29). The quantitative estimate of drug-likeness (QED) is 0.681. The second kappa shape index (κ2) is 9.02. The number of morpholine rings is 1. The third kappa shape index (κ3) is 4.91. The van der Waals surface area contributed by atoms with E-state index in [1.54, 1.807) is 0 Å². The predicted molar refractivity (Wildman–Crippen MR) is 120 cm³/mol. The van der Waals surface area contributed by atoms with Crippen molar-refractivity contribution < 1.29 is 9.53 Å². The van der Waals surface area contributed by atoms with Gasteiger partial charge < -0.3 is 14.6 Å². The molecule has 1 amide bonds. The number of nitrogens with zero attached hydrogens (tertiary/aromatic N) is 2. The molecule has 2 unspecified atom stereocenters. The van der Waals surface area contributed by atoms with Crippen molar-refractivity contribution >= 4 is 16.8 Å². The van der Waals surface area contributed by atoms with E-state index in [1.165, 1.54) is 5.56 Å². The normalized spacial score (nSPS) is 19.8. The van der Waals surface area contributed by atoms with Crippen LogP contribution >= 0.6 is 0 Å². The summed E-state index contributed by atoms with van der Waals surface area (Å²) in [5.41, 5.74) is 4.63. The summed E-state index contributed by atoms with van der Waals surface area (Å²) in [5, 5.41) is 4.20. The number of rotatable bonds is 6. The summed E-state index contributed by atoms with van der Waals surface area (Å²) in [4.78, 5) is 14.9. The number of carbonyl (C=O) groups is 1. The molecule has 2 aromatic carbocycles. The lowest BCUT2D eigenvalue weighted by atomic mass is 10.1. The summed E-state index contributed by atoms with van der Waals surface area (Å²) in [6, 6.07) is 16.7. The lowest BCUT2D eigenvalue weighted by Crippen LogP contribution is -2.44. The zero-order valence-corrected chi connectivity index (χ0v) is 18.1. The molecule has 0 radical (unpaired) electrons. The van der Waals surface area contributed by atoms with E-state index < -0.39 is 0 Å². The Hall–Kier alpha value is -2.63. The summed E-state index contributed by atoms with van der Waals surface area (Å²) in [7, 11) is 2.02. The fourth-order valence-corrected chi connectivity index (χ4v) is 4.44. The van der Waals surface area contributed by atoms with Crippen LogP contribution in [-0.2, 0) is 36.1 Å². The Balaban J connectivity index is 1.30. The number of para-hydroxylation sites is 1. The van der Waals surface area contributed by atoms with Crippen LogP contribution in [-0.4, -0.2) is 40.7 Å². The molecule has 1 aliphatic rings. The Bertz CT molecular complexity index is 999. The van der Waals surface area contributed by atoms with Crippen LogP contribution in [0.4, 0.5) is 0 Å². The fraction of sp³-hybridized carbons (Fsp3) is 0.400. The first-order valence-electron chi connectivity index (χ1n) is 10.7. The van der Waals surface area contributed by atoms with Crippen molar-refractivity contribution in [1.29, 1.82) is 0 Å². The van der Waals surface area contributed by atoms with Gasteiger partial charge in [0.2, 0.25) is 5.91 Å². The zero-order chi connectivity index (χ0) is 21.1. The second-order valence-corrected chi connectivity index (χ2v) is 8.50. The molecule has 1 saturated heterocycles. The number of amides is 1. The van der Waals surface area contributed by atoms with Crippen molar-refractivity contribution in [2.75, 3.05) is 13.1 Å². The van der Waals surface area contributed by atoms with Gasteiger partial charge in [0.1, 0.15) is 0 Å². The van der Waals surface area contributed by atoms with Crippen LogP contribution in [0.1, 0.15) is 30.5 Å². The van der Waals surface area contributed by atoms with Crippen molar-refractivity contribution in [2.24, 2.45) is 7.05 Å². The molecule has 1 fully saturated rings. The first-order chi connectivity index (χ1) is 14.5. The first kappa shape index (κ1) is 20.6. The largest absolute Gasteiger partial charge is 0.373 e. The monoisotopic (exact) mass is 405 g/mol. The number of hydrogen-bond donors (Lipinski definition) is 1. The zero-order valence-electron chi connectivity index (χ0n) is 18.1. The Morgan fingerprint density at radius 1 is 1.03 bits per heavy atom. The molecule has 4 rings (SSSR count). The van der Waals surface area contributed by atoms with Crippen LogP contribution in [0.25, 0.3) is 10.9 Å². The predicted octanol–water partition coefficient (Wildman–Crippen LogP) is 3.65. The van der Waals surface area contributed by atoms with Gasteiger partial charge in [0.05, 0.1) is 18.6 Å². The summed E-state index contributed by atoms with van der Waals surface area (Å²) in [6.45, 7) is 7.69. The Labute approximate surface area is 178 Å². The Kier molecular flexibility index (Phi) is 6.21. The molecule has 30 heavy (non-hydrogen) atoms. The SMILES string of the molecule is CC1CN(Cc2ccc(CNC(=O)Cc3cn(C)c4ccccc34)cc2)CC(C)O1. The van der Waals surface area contributed by atoms with Crippen molar-refractivity contribution in [3.63, 3.8) is 0 Å². The highest BCUT2D eigenvalue weighted by molar-refractivity contribution is 5.89. The molecule has 2 heterocycles. The van der Waals surface area contributed by atoms with E-state index in [1.807, 2.05) is 25.4 Å². The van der Waals surface area contributed by atoms with Gasteiger partial charge >= 0.3 is 0 Å². The topological polar surface area (TPSA) is 46.5 Å². The molecule has 0 spiro atoms. The van der Waals surface area contributed by atoms with Gasteiger partial charge in [0.25, 0.3) is 0 Å². The van der Waals surface area contributed by atoms with Gasteiger partial charge in [0, 0.05) is 50.3 Å². The van der Waals surface area contributed by atoms with E-state index in [0.717, 1.165) is 41.7 Å². The molecule has 5 nitrogen and oxygen atoms in total. The van der Waals surface area contributed by atoms with E-state index in [9.17, 15) is 4.79 Å². The van der Waals surface area contributed by atoms with E-state index in [-0.39, 0.29) is 18.1 Å². The molecule has 0 saturated carbocycles. The number of ether oxygens (including phenoxy) is 1. The third-order valence-corrected chi connectivity index (χ3v) is 5.74. The average Bonchev–Trinajstić information content (AvgIpc) is 3.02. The van der Waals surface area contributed by atoms with Gasteiger partial charge in [-0.1, -0.05) is 42.5 Å². The molecule has 1 aliphatic heterocycles. The van der Waals surface area contributed by atoms with Crippen LogP contribution in [0.15, 0.2) is 54.7 Å². The van der Waals surface area contributed by atoms with Crippen molar-refractivity contribution in [2.45, 2.75) is 45.6 Å². The van der Waals surface area contributed by atoms with Crippen LogP contribution in [0.5, 0.6) is 0 Å². The molecule has 0 aliphatic carbocycles. The summed E-state index contributed by atoms with van der Waals surface area (Å²) >= 11 is 0. The molecule has 5 heteroatoms. The van der Waals surface area contributed by atoms with E-state index in [2.05, 4.69) is 65.0 Å². The number of fused-ring (bicyclic) bond motifs is 1. The maximum absolute atomic E-state index is 12.5. The lowest BCUT2D eigenvalue weighted by molar-refractivity contribution is -0.120. The molecular formula is C25H31N3O2. The molecule has 1 aromatic heterocycles. The van der Waals surface area contributed by atoms with Crippen molar-refractivity contribution in [3.8, 4) is 0 Å². The van der Waals surface area contributed by atoms with E-state index in [0.29, 0.717) is 13.0 Å². The lowest BCUT2D eigenvalue weighted by Gasteiger charge is -2.35. The number of nitrogens with one attached hydrogen (secondary N) is 1. The third-order valence-electron chi connectivity index (χ3n) is 5.74. The van der Waals surface area contributed by atoms with Crippen LogP contribution < -0.4 is 5.32 Å². The highest BCUT2D eigenvalue weighted by Gasteiger charge is 2.21. The van der Waals surface area contributed by atoms with E-state index >= 15 is 0 Å². The minimum Gasteiger partial charge on any atom is -0.373 e. The van der Waals surface area contributed by atoms with Gasteiger partial charge in [-0.05, 0) is 36.6 Å². The van der Waals surface area contributed by atoms with Crippen LogP contribution in [0.2, 0.25) is 0 Å². The van der Waals surface area contributed by atoms with E-state index in [4.69, 9.17) is 4.74 Å². The minimum absolute atomic E-state index is 0.0479. The van der Waals surface area contributed by atoms with Crippen LogP contribution in [0.3, 0.4) is 0 Å². The molecule has 1 N–H and O–H groups in total. The number of aromatic nitrogens is 1. The van der Waals surface area contributed by atoms with Gasteiger partial charge in [0.15, 0.2) is 0 Å². The number of hydrogen-bond acceptors (Lipinski definition) is 3. The minimum atomic E-state index is 0.0479. The van der Waals surface area contributed by atoms with Crippen LogP contribution in [0, 0.1) is 0 Å². The maximum Gasteiger partial charge on any atom is 0.224 e. The van der Waals surface area contributed by atoms with Gasteiger partial charge in [-0.25, -0.2) is 0 Å². The Morgan fingerprint density at radius 3 is 2.43 bits per heavy atom. The fourth-order valence-electron chi connectivity index (χ4n) is 4.44. The number of carbonyl (C=O) groups excluding carboxylic acids is 1.